The molecular weight excluding hydrogens is 551 g/mol. The quantitative estimate of drug-likeness (QED) is 0.377. The summed E-state index contributed by atoms with van der Waals surface area (Å²) in [5, 5.41) is 5.98. The Morgan fingerprint density at radius 2 is 1.81 bits per heavy atom. The SMILES string of the molecule is CCC1=CC=C(c2cc(NC(=O)Nc3sc(C(C)(C)C)cc3C(=O)N3CCN(C)C(=O)C3(C)C)cc(F)c2C)C=CC1. The highest BCUT2D eigenvalue weighted by atomic mass is 32.1. The Bertz CT molecular complexity index is 1510. The van der Waals surface area contributed by atoms with Crippen LogP contribution >= 0.6 is 11.3 Å². The monoisotopic (exact) mass is 592 g/mol. The third-order valence-corrected chi connectivity index (χ3v) is 9.40. The molecule has 0 saturated carbocycles. The van der Waals surface area contributed by atoms with Gasteiger partial charge in [-0.15, -0.1) is 11.3 Å². The van der Waals surface area contributed by atoms with Gasteiger partial charge in [-0.1, -0.05) is 57.6 Å². The van der Waals surface area contributed by atoms with E-state index in [0.29, 0.717) is 40.5 Å². The number of amides is 4. The second kappa shape index (κ2) is 11.9. The summed E-state index contributed by atoms with van der Waals surface area (Å²) in [5.41, 5.74) is 2.66. The number of carbonyl (C=O) groups excluding carboxylic acids is 3. The number of nitrogens with one attached hydrogen (secondary N) is 2. The summed E-state index contributed by atoms with van der Waals surface area (Å²) < 4.78 is 15.0. The molecule has 2 heterocycles. The van der Waals surface area contributed by atoms with Crippen molar-refractivity contribution in [3.8, 4) is 0 Å². The molecular formula is C33H41FN4O3S. The highest BCUT2D eigenvalue weighted by Crippen LogP contribution is 2.38. The second-order valence-electron chi connectivity index (χ2n) is 12.5. The fourth-order valence-corrected chi connectivity index (χ4v) is 6.26. The Kier molecular flexibility index (Phi) is 8.83. The van der Waals surface area contributed by atoms with Crippen LogP contribution in [0, 0.1) is 12.7 Å². The first kappa shape index (κ1) is 31.2. The maximum Gasteiger partial charge on any atom is 0.324 e. The standard InChI is InChI=1S/C33H41FN4O3S/c1-9-21-11-10-12-22(14-13-21)24-17-23(18-26(34)20(24)2)35-31(41)36-28-25(19-27(42-28)32(3,4)5)29(39)38-16-15-37(8)30(40)33(38,6)7/h10,12-14,17-19H,9,11,15-16H2,1-8H3,(H2,35,36,41). The Hall–Kier alpha value is -3.72. The van der Waals surface area contributed by atoms with E-state index in [1.807, 2.05) is 32.9 Å². The first-order chi connectivity index (χ1) is 19.6. The average molecular weight is 593 g/mol. The highest BCUT2D eigenvalue weighted by molar-refractivity contribution is 7.16. The van der Waals surface area contributed by atoms with E-state index < -0.39 is 17.4 Å². The van der Waals surface area contributed by atoms with Gasteiger partial charge in [0, 0.05) is 30.7 Å². The Balaban J connectivity index is 1.63. The van der Waals surface area contributed by atoms with Gasteiger partial charge >= 0.3 is 6.03 Å². The predicted molar refractivity (Wildman–Crippen MR) is 170 cm³/mol. The van der Waals surface area contributed by atoms with Crippen LogP contribution in [0.25, 0.3) is 5.57 Å². The molecule has 2 N–H and O–H groups in total. The summed E-state index contributed by atoms with van der Waals surface area (Å²) >= 11 is 1.32. The lowest BCUT2D eigenvalue weighted by Crippen LogP contribution is -2.63. The lowest BCUT2D eigenvalue weighted by atomic mass is 9.93. The van der Waals surface area contributed by atoms with Crippen LogP contribution in [0.3, 0.4) is 0 Å². The third-order valence-electron chi connectivity index (χ3n) is 7.92. The number of likely N-dealkylation sites (N-methyl/N-ethyl adjacent to an activating group) is 1. The van der Waals surface area contributed by atoms with Crippen LogP contribution in [0.5, 0.6) is 0 Å². The van der Waals surface area contributed by atoms with Crippen LogP contribution in [-0.4, -0.2) is 53.3 Å². The first-order valence-corrected chi connectivity index (χ1v) is 15.1. The predicted octanol–water partition coefficient (Wildman–Crippen LogP) is 7.51. The smallest absolute Gasteiger partial charge is 0.324 e. The molecule has 1 aromatic carbocycles. The van der Waals surface area contributed by atoms with Crippen LogP contribution in [0.2, 0.25) is 0 Å². The number of hydrogen-bond donors (Lipinski definition) is 2. The van der Waals surface area contributed by atoms with Gasteiger partial charge in [-0.25, -0.2) is 9.18 Å². The number of nitrogens with zero attached hydrogens (tertiary/aromatic N) is 2. The molecule has 0 radical (unpaired) electrons. The molecule has 0 unspecified atom stereocenters. The molecule has 42 heavy (non-hydrogen) atoms. The number of piperazine rings is 1. The number of thiophene rings is 1. The van der Waals surface area contributed by atoms with Gasteiger partial charge in [0.05, 0.1) is 5.56 Å². The molecule has 9 heteroatoms. The maximum absolute atomic E-state index is 15.0. The van der Waals surface area contributed by atoms with Gasteiger partial charge in [0.25, 0.3) is 5.91 Å². The van der Waals surface area contributed by atoms with Gasteiger partial charge in [0.1, 0.15) is 16.4 Å². The molecule has 1 aromatic heterocycles. The summed E-state index contributed by atoms with van der Waals surface area (Å²) in [6.07, 6.45) is 9.88. The van der Waals surface area contributed by atoms with Gasteiger partial charge in [0.2, 0.25) is 5.91 Å². The minimum Gasteiger partial charge on any atom is -0.342 e. The number of hydrogen-bond acceptors (Lipinski definition) is 4. The van der Waals surface area contributed by atoms with Crippen molar-refractivity contribution in [3.05, 3.63) is 75.5 Å². The van der Waals surface area contributed by atoms with Gasteiger partial charge in [-0.2, -0.15) is 0 Å². The summed E-state index contributed by atoms with van der Waals surface area (Å²) in [5.74, 6) is -0.887. The fraction of sp³-hybridized carbons (Fsp3) is 0.424. The number of allylic oxidation sites excluding steroid dienone is 6. The van der Waals surface area contributed by atoms with Gasteiger partial charge < -0.3 is 15.1 Å². The number of urea groups is 1. The van der Waals surface area contributed by atoms with E-state index in [1.54, 1.807) is 49.8 Å². The van der Waals surface area contributed by atoms with Crippen molar-refractivity contribution in [2.75, 3.05) is 30.8 Å². The van der Waals surface area contributed by atoms with E-state index in [4.69, 9.17) is 0 Å². The summed E-state index contributed by atoms with van der Waals surface area (Å²) in [6, 6.07) is 4.27. The van der Waals surface area contributed by atoms with Crippen molar-refractivity contribution in [1.29, 1.82) is 0 Å². The number of anilines is 2. The molecule has 2 aliphatic rings. The Morgan fingerprint density at radius 1 is 1.10 bits per heavy atom. The van der Waals surface area contributed by atoms with Crippen LogP contribution in [0.1, 0.15) is 80.7 Å². The second-order valence-corrected chi connectivity index (χ2v) is 13.5. The van der Waals surface area contributed by atoms with Gasteiger partial charge in [0.15, 0.2) is 0 Å². The zero-order chi connectivity index (χ0) is 31.0. The lowest BCUT2D eigenvalue weighted by molar-refractivity contribution is -0.144. The topological polar surface area (TPSA) is 81.8 Å². The van der Waals surface area contributed by atoms with Gasteiger partial charge in [-0.3, -0.25) is 14.9 Å². The molecule has 1 aliphatic carbocycles. The van der Waals surface area contributed by atoms with Crippen LogP contribution < -0.4 is 10.6 Å². The molecule has 4 amide bonds. The number of benzene rings is 1. The molecule has 7 nitrogen and oxygen atoms in total. The van der Waals surface area contributed by atoms with Crippen molar-refractivity contribution in [2.24, 2.45) is 0 Å². The zero-order valence-corrected chi connectivity index (χ0v) is 26.6. The third kappa shape index (κ3) is 6.36. The van der Waals surface area contributed by atoms with E-state index in [9.17, 15) is 14.4 Å². The lowest BCUT2D eigenvalue weighted by Gasteiger charge is -2.44. The van der Waals surface area contributed by atoms with Gasteiger partial charge in [-0.05, 0) is 73.9 Å². The Morgan fingerprint density at radius 3 is 2.48 bits per heavy atom. The van der Waals surface area contributed by atoms with Crippen LogP contribution in [0.15, 0.2) is 48.1 Å². The summed E-state index contributed by atoms with van der Waals surface area (Å²) in [4.78, 5) is 44.1. The maximum atomic E-state index is 15.0. The molecule has 1 aliphatic heterocycles. The number of carbonyl (C=O) groups is 3. The molecule has 1 fully saturated rings. The molecule has 224 valence electrons. The minimum atomic E-state index is -1.03. The summed E-state index contributed by atoms with van der Waals surface area (Å²) in [6.45, 7) is 14.2. The molecule has 4 rings (SSSR count). The normalized spacial score (nSPS) is 17.0. The van der Waals surface area contributed by atoms with E-state index in [0.717, 1.165) is 23.3 Å². The van der Waals surface area contributed by atoms with E-state index in [-0.39, 0.29) is 17.2 Å². The molecule has 0 atom stereocenters. The minimum absolute atomic E-state index is 0.141. The summed E-state index contributed by atoms with van der Waals surface area (Å²) in [7, 11) is 1.73. The average Bonchev–Trinajstić information content (AvgIpc) is 3.19. The fourth-order valence-electron chi connectivity index (χ4n) is 5.15. The van der Waals surface area contributed by atoms with Crippen molar-refractivity contribution in [1.82, 2.24) is 9.80 Å². The zero-order valence-electron chi connectivity index (χ0n) is 25.8. The van der Waals surface area contributed by atoms with Crippen molar-refractivity contribution in [2.45, 2.75) is 72.3 Å². The highest BCUT2D eigenvalue weighted by Gasteiger charge is 2.44. The first-order valence-electron chi connectivity index (χ1n) is 14.3. The number of rotatable bonds is 5. The van der Waals surface area contributed by atoms with Crippen LogP contribution in [0.4, 0.5) is 19.9 Å². The van der Waals surface area contributed by atoms with Crippen molar-refractivity contribution in [3.63, 3.8) is 0 Å². The molecule has 0 bridgehead atoms. The largest absolute Gasteiger partial charge is 0.342 e. The number of halogens is 1. The van der Waals surface area contributed by atoms with Crippen LogP contribution in [-0.2, 0) is 10.2 Å². The molecule has 2 aromatic rings. The van der Waals surface area contributed by atoms with Crippen molar-refractivity contribution < 1.29 is 18.8 Å². The van der Waals surface area contributed by atoms with Crippen molar-refractivity contribution >= 4 is 45.4 Å². The Labute approximate surface area is 252 Å². The molecule has 0 spiro atoms. The van der Waals surface area contributed by atoms with E-state index in [1.165, 1.54) is 23.0 Å². The molecule has 1 saturated heterocycles. The van der Waals surface area contributed by atoms with E-state index >= 15 is 4.39 Å². The van der Waals surface area contributed by atoms with E-state index in [2.05, 4.69) is 29.7 Å².